The van der Waals surface area contributed by atoms with E-state index >= 15 is 0 Å². The van der Waals surface area contributed by atoms with Crippen molar-refractivity contribution in [2.24, 2.45) is 0 Å². The van der Waals surface area contributed by atoms with E-state index in [0.29, 0.717) is 6.54 Å². The van der Waals surface area contributed by atoms with Crippen LogP contribution < -0.4 is 9.46 Å². The first-order chi connectivity index (χ1) is 12.0. The van der Waals surface area contributed by atoms with Crippen LogP contribution in [0.5, 0.6) is 5.75 Å². The van der Waals surface area contributed by atoms with E-state index in [2.05, 4.69) is 4.72 Å². The lowest BCUT2D eigenvalue weighted by Gasteiger charge is -2.14. The van der Waals surface area contributed by atoms with E-state index in [9.17, 15) is 8.42 Å². The number of fused-ring (bicyclic) bond motifs is 1. The van der Waals surface area contributed by atoms with Crippen LogP contribution in [-0.4, -0.2) is 22.1 Å². The van der Waals surface area contributed by atoms with Crippen molar-refractivity contribution in [1.29, 1.82) is 0 Å². The molecule has 5 heteroatoms. The molecule has 0 aliphatic heterocycles. The van der Waals surface area contributed by atoms with Gasteiger partial charge in [0.2, 0.25) is 10.0 Å². The lowest BCUT2D eigenvalue weighted by Crippen LogP contribution is -2.27. The molecule has 1 N–H and O–H groups in total. The van der Waals surface area contributed by atoms with Crippen molar-refractivity contribution in [1.82, 2.24) is 4.72 Å². The highest BCUT2D eigenvalue weighted by molar-refractivity contribution is 7.89. The Labute approximate surface area is 148 Å². The van der Waals surface area contributed by atoms with E-state index in [1.807, 2.05) is 55.5 Å². The lowest BCUT2D eigenvalue weighted by atomic mass is 10.0. The fourth-order valence-corrected chi connectivity index (χ4v) is 3.88. The van der Waals surface area contributed by atoms with Crippen LogP contribution in [0.3, 0.4) is 0 Å². The van der Waals surface area contributed by atoms with Gasteiger partial charge in [0.1, 0.15) is 5.75 Å². The van der Waals surface area contributed by atoms with E-state index < -0.39 is 10.0 Å². The smallest absolute Gasteiger partial charge is 0.240 e. The number of hydrogen-bond acceptors (Lipinski definition) is 3. The van der Waals surface area contributed by atoms with Crippen molar-refractivity contribution >= 4 is 20.8 Å². The van der Waals surface area contributed by atoms with Crippen LogP contribution >= 0.6 is 0 Å². The molecule has 3 aromatic rings. The average Bonchev–Trinajstić information content (AvgIpc) is 2.66. The molecule has 0 fully saturated rings. The quantitative estimate of drug-likeness (QED) is 0.729. The van der Waals surface area contributed by atoms with Crippen molar-refractivity contribution in [3.05, 3.63) is 72.3 Å². The monoisotopic (exact) mass is 355 g/mol. The predicted molar refractivity (Wildman–Crippen MR) is 101 cm³/mol. The van der Waals surface area contributed by atoms with Crippen LogP contribution in [0.15, 0.2) is 71.6 Å². The molecule has 1 unspecified atom stereocenters. The van der Waals surface area contributed by atoms with Crippen molar-refractivity contribution in [2.45, 2.75) is 17.7 Å². The molecule has 0 saturated heterocycles. The molecule has 0 radical (unpaired) electrons. The summed E-state index contributed by atoms with van der Waals surface area (Å²) >= 11 is 0. The summed E-state index contributed by atoms with van der Waals surface area (Å²) in [5, 5.41) is 1.80. The molecule has 1 atom stereocenters. The summed E-state index contributed by atoms with van der Waals surface area (Å²) in [6.07, 6.45) is 0. The van der Waals surface area contributed by atoms with Crippen molar-refractivity contribution in [3.8, 4) is 5.75 Å². The zero-order chi connectivity index (χ0) is 17.9. The lowest BCUT2D eigenvalue weighted by molar-refractivity contribution is 0.415. The molecule has 3 aromatic carbocycles. The fourth-order valence-electron chi connectivity index (χ4n) is 2.71. The van der Waals surface area contributed by atoms with Gasteiger partial charge in [0.05, 0.1) is 12.0 Å². The van der Waals surface area contributed by atoms with Crippen LogP contribution in [0.1, 0.15) is 18.4 Å². The number of benzene rings is 3. The normalized spacial score (nSPS) is 12.9. The Balaban J connectivity index is 1.78. The average molecular weight is 355 g/mol. The van der Waals surface area contributed by atoms with Gasteiger partial charge in [-0.05, 0) is 46.5 Å². The van der Waals surface area contributed by atoms with Crippen LogP contribution in [-0.2, 0) is 10.0 Å². The van der Waals surface area contributed by atoms with Crippen LogP contribution in [0.25, 0.3) is 10.8 Å². The Bertz CT molecular complexity index is 969. The highest BCUT2D eigenvalue weighted by Gasteiger charge is 2.16. The Kier molecular flexibility index (Phi) is 5.06. The molecule has 4 nitrogen and oxygen atoms in total. The second-order valence-corrected chi connectivity index (χ2v) is 7.81. The van der Waals surface area contributed by atoms with Crippen LogP contribution in [0.2, 0.25) is 0 Å². The van der Waals surface area contributed by atoms with E-state index in [4.69, 9.17) is 4.74 Å². The fraction of sp³-hybridized carbons (Fsp3) is 0.200. The van der Waals surface area contributed by atoms with E-state index in [1.165, 1.54) is 0 Å². The van der Waals surface area contributed by atoms with Gasteiger partial charge in [0.15, 0.2) is 0 Å². The highest BCUT2D eigenvalue weighted by atomic mass is 32.2. The molecule has 0 heterocycles. The molecule has 0 aliphatic carbocycles. The van der Waals surface area contributed by atoms with Crippen molar-refractivity contribution < 1.29 is 13.2 Å². The third kappa shape index (κ3) is 4.00. The Morgan fingerprint density at radius 3 is 2.36 bits per heavy atom. The summed E-state index contributed by atoms with van der Waals surface area (Å²) in [4.78, 5) is 0.269. The van der Waals surface area contributed by atoms with Gasteiger partial charge in [0, 0.05) is 6.54 Å². The van der Waals surface area contributed by atoms with Crippen LogP contribution in [0.4, 0.5) is 0 Å². The summed E-state index contributed by atoms with van der Waals surface area (Å²) in [7, 11) is -1.94. The van der Waals surface area contributed by atoms with Crippen LogP contribution in [0, 0.1) is 0 Å². The first-order valence-electron chi connectivity index (χ1n) is 8.12. The minimum atomic E-state index is -3.55. The zero-order valence-electron chi connectivity index (χ0n) is 14.3. The molecule has 0 spiro atoms. The Morgan fingerprint density at radius 1 is 0.960 bits per heavy atom. The van der Waals surface area contributed by atoms with Crippen molar-refractivity contribution in [2.75, 3.05) is 13.7 Å². The number of nitrogens with one attached hydrogen (secondary N) is 1. The summed E-state index contributed by atoms with van der Waals surface area (Å²) in [5.74, 6) is 0.846. The first-order valence-corrected chi connectivity index (χ1v) is 9.60. The number of methoxy groups -OCH3 is 1. The van der Waals surface area contributed by atoms with E-state index in [1.54, 1.807) is 25.3 Å². The Hall–Kier alpha value is -2.37. The molecule has 130 valence electrons. The van der Waals surface area contributed by atoms with Gasteiger partial charge in [0.25, 0.3) is 0 Å². The molecule has 0 saturated carbocycles. The molecule has 25 heavy (non-hydrogen) atoms. The number of hydrogen-bond donors (Lipinski definition) is 1. The van der Waals surface area contributed by atoms with E-state index in [0.717, 1.165) is 22.1 Å². The minimum Gasteiger partial charge on any atom is -0.497 e. The second kappa shape index (κ2) is 7.25. The maximum atomic E-state index is 12.6. The Morgan fingerprint density at radius 2 is 1.64 bits per heavy atom. The van der Waals surface area contributed by atoms with Gasteiger partial charge in [-0.25, -0.2) is 13.1 Å². The molecule has 0 amide bonds. The third-order valence-corrected chi connectivity index (χ3v) is 5.70. The number of rotatable bonds is 6. The van der Waals surface area contributed by atoms with Gasteiger partial charge in [-0.2, -0.15) is 0 Å². The third-order valence-electron chi connectivity index (χ3n) is 4.28. The van der Waals surface area contributed by atoms with Gasteiger partial charge in [-0.15, -0.1) is 0 Å². The molecule has 0 aromatic heterocycles. The maximum absolute atomic E-state index is 12.6. The molecule has 3 rings (SSSR count). The summed E-state index contributed by atoms with van der Waals surface area (Å²) in [5.41, 5.74) is 1.11. The van der Waals surface area contributed by atoms with Gasteiger partial charge < -0.3 is 4.74 Å². The van der Waals surface area contributed by atoms with Gasteiger partial charge in [-0.1, -0.05) is 49.4 Å². The topological polar surface area (TPSA) is 55.4 Å². The molecular formula is C20H21NO3S. The number of sulfonamides is 1. The standard InChI is InChI=1S/C20H21NO3S/c1-15(16-6-4-3-5-7-16)14-21-25(22,23)20-11-9-17-12-19(24-2)10-8-18(17)13-20/h3-13,15,21H,14H2,1-2H3. The summed E-state index contributed by atoms with van der Waals surface area (Å²) in [6, 6.07) is 20.5. The van der Waals surface area contributed by atoms with Gasteiger partial charge >= 0.3 is 0 Å². The minimum absolute atomic E-state index is 0.0979. The maximum Gasteiger partial charge on any atom is 0.240 e. The summed E-state index contributed by atoms with van der Waals surface area (Å²) < 4.78 is 33.1. The van der Waals surface area contributed by atoms with Gasteiger partial charge in [-0.3, -0.25) is 0 Å². The van der Waals surface area contributed by atoms with Crippen molar-refractivity contribution in [3.63, 3.8) is 0 Å². The number of ether oxygens (including phenoxy) is 1. The molecule has 0 aliphatic rings. The predicted octanol–water partition coefficient (Wildman–Crippen LogP) is 3.93. The zero-order valence-corrected chi connectivity index (χ0v) is 15.1. The van der Waals surface area contributed by atoms with E-state index in [-0.39, 0.29) is 10.8 Å². The largest absolute Gasteiger partial charge is 0.497 e. The SMILES string of the molecule is COc1ccc2cc(S(=O)(=O)NCC(C)c3ccccc3)ccc2c1. The summed E-state index contributed by atoms with van der Waals surface area (Å²) in [6.45, 7) is 2.36. The molecule has 0 bridgehead atoms. The highest BCUT2D eigenvalue weighted by Crippen LogP contribution is 2.24. The molecular weight excluding hydrogens is 334 g/mol. The first kappa shape index (κ1) is 17.5. The second-order valence-electron chi connectivity index (χ2n) is 6.04.